The molecule has 2 aliphatic rings. The summed E-state index contributed by atoms with van der Waals surface area (Å²) in [6.45, 7) is 2.21. The van der Waals surface area contributed by atoms with Crippen LogP contribution in [0.1, 0.15) is 55.6 Å². The average Bonchev–Trinajstić information content (AvgIpc) is 2.44. The number of carbonyl (C=O) groups excluding carboxylic acids is 1. The molecule has 0 aliphatic heterocycles. The minimum atomic E-state index is -0.114. The Morgan fingerprint density at radius 1 is 1.10 bits per heavy atom. The molecule has 2 saturated carbocycles. The van der Waals surface area contributed by atoms with Crippen LogP contribution in [0.2, 0.25) is 0 Å². The number of aryl methyl sites for hydroxylation is 1. The monoisotopic (exact) mass is 286 g/mol. The van der Waals surface area contributed by atoms with Gasteiger partial charge in [-0.25, -0.2) is 0 Å². The third-order valence-electron chi connectivity index (χ3n) is 5.37. The molecule has 3 rings (SSSR count). The molecule has 0 aromatic heterocycles. The van der Waals surface area contributed by atoms with E-state index in [0.717, 1.165) is 31.6 Å². The number of nitrogens with two attached hydrogens (primary N) is 1. The molecule has 3 heteroatoms. The lowest BCUT2D eigenvalue weighted by Crippen LogP contribution is -2.47. The highest BCUT2D eigenvalue weighted by Gasteiger charge is 2.33. The molecule has 21 heavy (non-hydrogen) atoms. The average molecular weight is 286 g/mol. The lowest BCUT2D eigenvalue weighted by molar-refractivity contribution is -0.122. The van der Waals surface area contributed by atoms with E-state index in [-0.39, 0.29) is 11.8 Å². The van der Waals surface area contributed by atoms with Gasteiger partial charge in [0.05, 0.1) is 0 Å². The van der Waals surface area contributed by atoms with E-state index in [1.807, 2.05) is 0 Å². The third-order valence-corrected chi connectivity index (χ3v) is 5.37. The van der Waals surface area contributed by atoms with Crippen molar-refractivity contribution >= 4 is 5.91 Å². The van der Waals surface area contributed by atoms with Crippen LogP contribution in [0, 0.1) is 12.8 Å². The predicted molar refractivity (Wildman–Crippen MR) is 85.0 cm³/mol. The first-order valence-electron chi connectivity index (χ1n) is 8.24. The lowest BCUT2D eigenvalue weighted by Gasteiger charge is -2.40. The molecule has 0 radical (unpaired) electrons. The molecule has 3 N–H and O–H groups in total. The highest BCUT2D eigenvalue weighted by Crippen LogP contribution is 2.39. The molecule has 1 aromatic rings. The fourth-order valence-corrected chi connectivity index (χ4v) is 3.93. The van der Waals surface area contributed by atoms with Crippen LogP contribution in [0.25, 0.3) is 0 Å². The van der Waals surface area contributed by atoms with Crippen LogP contribution < -0.4 is 11.1 Å². The van der Waals surface area contributed by atoms with Crippen molar-refractivity contribution < 1.29 is 4.79 Å². The lowest BCUT2D eigenvalue weighted by atomic mass is 9.73. The Balaban J connectivity index is 1.44. The molecule has 1 aromatic carbocycles. The van der Waals surface area contributed by atoms with Gasteiger partial charge in [0.25, 0.3) is 0 Å². The summed E-state index contributed by atoms with van der Waals surface area (Å²) in [5, 5.41) is 3.78. The molecule has 0 atom stereocenters. The van der Waals surface area contributed by atoms with E-state index in [0.29, 0.717) is 12.1 Å². The summed E-state index contributed by atoms with van der Waals surface area (Å²) in [5.41, 5.74) is 8.33. The zero-order valence-electron chi connectivity index (χ0n) is 12.8. The molecule has 3 nitrogen and oxygen atoms in total. The molecule has 2 aliphatic carbocycles. The van der Waals surface area contributed by atoms with Crippen LogP contribution in [0.4, 0.5) is 0 Å². The molecule has 1 amide bonds. The second-order valence-electron chi connectivity index (χ2n) is 6.84. The van der Waals surface area contributed by atoms with Gasteiger partial charge in [-0.2, -0.15) is 0 Å². The number of nitrogens with one attached hydrogen (secondary N) is 1. The number of rotatable bonds is 4. The molecule has 0 spiro atoms. The van der Waals surface area contributed by atoms with Crippen molar-refractivity contribution in [3.63, 3.8) is 0 Å². The minimum absolute atomic E-state index is 0.114. The number of hydrogen-bond donors (Lipinski definition) is 2. The fraction of sp³-hybridized carbons (Fsp3) is 0.611. The van der Waals surface area contributed by atoms with Gasteiger partial charge in [-0.1, -0.05) is 24.3 Å². The number of primary amides is 1. The topological polar surface area (TPSA) is 55.1 Å². The van der Waals surface area contributed by atoms with Gasteiger partial charge < -0.3 is 11.1 Å². The van der Waals surface area contributed by atoms with Gasteiger partial charge in [-0.15, -0.1) is 0 Å². The van der Waals surface area contributed by atoms with Crippen LogP contribution in [0.15, 0.2) is 24.3 Å². The Bertz CT molecular complexity index is 500. The van der Waals surface area contributed by atoms with E-state index in [2.05, 4.69) is 36.5 Å². The number of hydrogen-bond acceptors (Lipinski definition) is 2. The first-order chi connectivity index (χ1) is 10.1. The van der Waals surface area contributed by atoms with Crippen molar-refractivity contribution in [3.05, 3.63) is 35.4 Å². The molecule has 0 unspecified atom stereocenters. The van der Waals surface area contributed by atoms with E-state index in [4.69, 9.17) is 5.73 Å². The number of benzene rings is 1. The minimum Gasteiger partial charge on any atom is -0.369 e. The standard InChI is InChI=1S/C18H26N2O/c1-12-4-2-3-5-17(12)14-10-16(11-14)20-15-8-6-13(7-9-15)18(19)21/h2-5,13-16,20H,6-11H2,1H3,(H2,19,21). The summed E-state index contributed by atoms with van der Waals surface area (Å²) in [5.74, 6) is 0.728. The molecule has 0 heterocycles. The van der Waals surface area contributed by atoms with E-state index >= 15 is 0 Å². The van der Waals surface area contributed by atoms with Gasteiger partial charge in [0.2, 0.25) is 5.91 Å². The fourth-order valence-electron chi connectivity index (χ4n) is 3.93. The van der Waals surface area contributed by atoms with Crippen molar-refractivity contribution in [2.75, 3.05) is 0 Å². The van der Waals surface area contributed by atoms with Crippen LogP contribution in [-0.4, -0.2) is 18.0 Å². The Kier molecular flexibility index (Phi) is 4.29. The summed E-state index contributed by atoms with van der Waals surface area (Å²) in [6.07, 6.45) is 6.61. The van der Waals surface area contributed by atoms with Crippen LogP contribution in [0.3, 0.4) is 0 Å². The normalized spacial score (nSPS) is 32.4. The Labute approximate surface area is 127 Å². The number of carbonyl (C=O) groups is 1. The van der Waals surface area contributed by atoms with Crippen LogP contribution in [0.5, 0.6) is 0 Å². The van der Waals surface area contributed by atoms with Crippen molar-refractivity contribution in [1.82, 2.24) is 5.32 Å². The van der Waals surface area contributed by atoms with E-state index in [1.165, 1.54) is 24.0 Å². The summed E-state index contributed by atoms with van der Waals surface area (Å²) >= 11 is 0. The SMILES string of the molecule is Cc1ccccc1C1CC(NC2CCC(C(N)=O)CC2)C1. The second-order valence-corrected chi connectivity index (χ2v) is 6.84. The van der Waals surface area contributed by atoms with Crippen LogP contribution in [-0.2, 0) is 4.79 Å². The molecule has 0 bridgehead atoms. The highest BCUT2D eigenvalue weighted by atomic mass is 16.1. The highest BCUT2D eigenvalue weighted by molar-refractivity contribution is 5.76. The summed E-state index contributed by atoms with van der Waals surface area (Å²) in [6, 6.07) is 9.99. The molecular formula is C18H26N2O. The van der Waals surface area contributed by atoms with Gasteiger partial charge in [-0.05, 0) is 62.5 Å². The largest absolute Gasteiger partial charge is 0.369 e. The Hall–Kier alpha value is -1.35. The maximum atomic E-state index is 11.2. The second kappa shape index (κ2) is 6.18. The smallest absolute Gasteiger partial charge is 0.220 e. The van der Waals surface area contributed by atoms with Gasteiger partial charge in [0.15, 0.2) is 0 Å². The van der Waals surface area contributed by atoms with E-state index in [1.54, 1.807) is 0 Å². The predicted octanol–water partition coefficient (Wildman–Crippen LogP) is 2.87. The molecule has 2 fully saturated rings. The zero-order valence-corrected chi connectivity index (χ0v) is 12.8. The molecule has 114 valence electrons. The maximum absolute atomic E-state index is 11.2. The van der Waals surface area contributed by atoms with Crippen molar-refractivity contribution in [2.45, 2.75) is 63.5 Å². The van der Waals surface area contributed by atoms with Gasteiger partial charge in [0.1, 0.15) is 0 Å². The maximum Gasteiger partial charge on any atom is 0.220 e. The quantitative estimate of drug-likeness (QED) is 0.894. The van der Waals surface area contributed by atoms with E-state index in [9.17, 15) is 4.79 Å². The number of amides is 1. The van der Waals surface area contributed by atoms with E-state index < -0.39 is 0 Å². The first kappa shape index (κ1) is 14.6. The van der Waals surface area contributed by atoms with Gasteiger partial charge in [-0.3, -0.25) is 4.79 Å². The summed E-state index contributed by atoms with van der Waals surface area (Å²) in [4.78, 5) is 11.2. The van der Waals surface area contributed by atoms with Crippen molar-refractivity contribution in [2.24, 2.45) is 11.7 Å². The Morgan fingerprint density at radius 2 is 1.76 bits per heavy atom. The molecular weight excluding hydrogens is 260 g/mol. The first-order valence-corrected chi connectivity index (χ1v) is 8.24. The van der Waals surface area contributed by atoms with Crippen molar-refractivity contribution in [3.8, 4) is 0 Å². The van der Waals surface area contributed by atoms with Gasteiger partial charge in [0, 0.05) is 18.0 Å². The molecule has 0 saturated heterocycles. The third kappa shape index (κ3) is 3.29. The summed E-state index contributed by atoms with van der Waals surface area (Å²) in [7, 11) is 0. The van der Waals surface area contributed by atoms with Crippen molar-refractivity contribution in [1.29, 1.82) is 0 Å². The van der Waals surface area contributed by atoms with Crippen LogP contribution >= 0.6 is 0 Å². The Morgan fingerprint density at radius 3 is 2.38 bits per heavy atom. The zero-order chi connectivity index (χ0) is 14.8. The van der Waals surface area contributed by atoms with Gasteiger partial charge >= 0.3 is 0 Å². The summed E-state index contributed by atoms with van der Waals surface area (Å²) < 4.78 is 0.